The highest BCUT2D eigenvalue weighted by Gasteiger charge is 2.33. The van der Waals surface area contributed by atoms with Crippen molar-refractivity contribution < 1.29 is 9.59 Å². The van der Waals surface area contributed by atoms with Gasteiger partial charge in [-0.15, -0.1) is 0 Å². The molecular weight excluding hydrogens is 318 g/mol. The second-order valence-corrected chi connectivity index (χ2v) is 5.61. The Labute approximate surface area is 145 Å². The summed E-state index contributed by atoms with van der Waals surface area (Å²) in [6.07, 6.45) is 2.87. The van der Waals surface area contributed by atoms with E-state index in [-0.39, 0.29) is 11.8 Å². The van der Waals surface area contributed by atoms with E-state index in [0.29, 0.717) is 17.0 Å². The van der Waals surface area contributed by atoms with Gasteiger partial charge in [0.05, 0.1) is 17.0 Å². The van der Waals surface area contributed by atoms with Crippen LogP contribution < -0.4 is 10.4 Å². The maximum atomic E-state index is 12.5. The van der Waals surface area contributed by atoms with Crippen molar-refractivity contribution in [3.05, 3.63) is 59.9 Å². The van der Waals surface area contributed by atoms with Gasteiger partial charge in [-0.3, -0.25) is 14.6 Å². The van der Waals surface area contributed by atoms with Crippen LogP contribution >= 0.6 is 0 Å². The van der Waals surface area contributed by atoms with Crippen LogP contribution in [0.4, 0.5) is 5.69 Å². The fourth-order valence-corrected chi connectivity index (χ4v) is 2.34. The number of hydrogen-bond donors (Lipinski definition) is 1. The number of aromatic nitrogens is 1. The maximum Gasteiger partial charge on any atom is 0.272 e. The number of amides is 2. The highest BCUT2D eigenvalue weighted by molar-refractivity contribution is 6.23. The molecule has 7 heteroatoms. The van der Waals surface area contributed by atoms with Gasteiger partial charge < -0.3 is 0 Å². The molecule has 0 aliphatic carbocycles. The van der Waals surface area contributed by atoms with E-state index in [0.717, 1.165) is 5.69 Å². The van der Waals surface area contributed by atoms with Crippen LogP contribution in [0.25, 0.3) is 0 Å². The number of hydrazone groups is 2. The number of rotatable bonds is 4. The van der Waals surface area contributed by atoms with Gasteiger partial charge in [0, 0.05) is 18.1 Å². The maximum absolute atomic E-state index is 12.5. The Balaban J connectivity index is 1.66. The Hall–Kier alpha value is -3.35. The van der Waals surface area contributed by atoms with Crippen molar-refractivity contribution in [3.63, 3.8) is 0 Å². The topological polar surface area (TPSA) is 87.0 Å². The molecule has 7 nitrogen and oxygen atoms in total. The van der Waals surface area contributed by atoms with Crippen LogP contribution in [-0.4, -0.2) is 28.7 Å². The summed E-state index contributed by atoms with van der Waals surface area (Å²) < 4.78 is 0. The van der Waals surface area contributed by atoms with Crippen molar-refractivity contribution in [2.24, 2.45) is 16.1 Å². The normalized spacial score (nSPS) is 17.0. The number of nitrogens with one attached hydrogen (secondary N) is 1. The van der Waals surface area contributed by atoms with Crippen molar-refractivity contribution in [3.8, 4) is 0 Å². The Morgan fingerprint density at radius 1 is 1.20 bits per heavy atom. The van der Waals surface area contributed by atoms with Gasteiger partial charge in [-0.1, -0.05) is 18.2 Å². The van der Waals surface area contributed by atoms with Gasteiger partial charge >= 0.3 is 0 Å². The molecule has 2 heterocycles. The van der Waals surface area contributed by atoms with E-state index in [4.69, 9.17) is 0 Å². The van der Waals surface area contributed by atoms with E-state index in [2.05, 4.69) is 20.6 Å². The molecule has 1 aliphatic rings. The first-order valence-electron chi connectivity index (χ1n) is 7.76. The van der Waals surface area contributed by atoms with Crippen LogP contribution in [0.5, 0.6) is 0 Å². The van der Waals surface area contributed by atoms with Gasteiger partial charge in [0.25, 0.3) is 11.8 Å². The number of para-hydroxylation sites is 1. The molecular formula is C18H17N5O2. The highest BCUT2D eigenvalue weighted by atomic mass is 16.2. The number of anilines is 1. The van der Waals surface area contributed by atoms with Crippen molar-refractivity contribution in [2.45, 2.75) is 13.8 Å². The molecule has 1 N–H and O–H groups in total. The van der Waals surface area contributed by atoms with Crippen molar-refractivity contribution in [1.82, 2.24) is 10.4 Å². The number of aryl methyl sites for hydroxylation is 1. The van der Waals surface area contributed by atoms with Crippen molar-refractivity contribution in [2.75, 3.05) is 5.01 Å². The van der Waals surface area contributed by atoms with Crippen LogP contribution in [0.3, 0.4) is 0 Å². The second kappa shape index (κ2) is 7.04. The Bertz CT molecular complexity index is 844. The van der Waals surface area contributed by atoms with Crippen LogP contribution in [0, 0.1) is 12.8 Å². The molecule has 126 valence electrons. The molecule has 2 aromatic rings. The highest BCUT2D eigenvalue weighted by Crippen LogP contribution is 2.22. The van der Waals surface area contributed by atoms with Crippen molar-refractivity contribution in [1.29, 1.82) is 0 Å². The third-order valence-electron chi connectivity index (χ3n) is 3.75. The van der Waals surface area contributed by atoms with Crippen LogP contribution in [0.2, 0.25) is 0 Å². The molecule has 0 radical (unpaired) electrons. The first-order chi connectivity index (χ1) is 12.1. The summed E-state index contributed by atoms with van der Waals surface area (Å²) in [6.45, 7) is 3.59. The molecule has 0 fully saturated rings. The minimum atomic E-state index is -0.600. The van der Waals surface area contributed by atoms with Gasteiger partial charge in [-0.05, 0) is 38.1 Å². The number of carbonyl (C=O) groups is 2. The molecule has 0 spiro atoms. The monoisotopic (exact) mass is 335 g/mol. The molecule has 1 atom stereocenters. The summed E-state index contributed by atoms with van der Waals surface area (Å²) in [5.74, 6) is -1.20. The van der Waals surface area contributed by atoms with E-state index in [1.54, 1.807) is 31.2 Å². The van der Waals surface area contributed by atoms with E-state index < -0.39 is 5.92 Å². The van der Waals surface area contributed by atoms with Crippen LogP contribution in [0.15, 0.2) is 58.9 Å². The lowest BCUT2D eigenvalue weighted by molar-refractivity contribution is -0.118. The summed E-state index contributed by atoms with van der Waals surface area (Å²) in [5.41, 5.74) is 4.94. The average Bonchev–Trinajstić information content (AvgIpc) is 2.91. The molecule has 1 aromatic heterocycles. The van der Waals surface area contributed by atoms with E-state index >= 15 is 0 Å². The predicted octanol–water partition coefficient (Wildman–Crippen LogP) is 2.14. The molecule has 0 bridgehead atoms. The molecule has 1 aromatic carbocycles. The zero-order chi connectivity index (χ0) is 17.8. The Kier molecular flexibility index (Phi) is 4.65. The standard InChI is InChI=1S/C18H17N5O2/c1-12-8-9-14(10-19-12)17(24)21-20-11-16-13(2)22-23(18(16)25)15-6-4-3-5-7-15/h3-11,16H,1-2H3,(H,21,24). The first-order valence-corrected chi connectivity index (χ1v) is 7.76. The Morgan fingerprint density at radius 2 is 1.96 bits per heavy atom. The third kappa shape index (κ3) is 3.60. The van der Waals surface area contributed by atoms with Crippen LogP contribution in [0.1, 0.15) is 23.0 Å². The average molecular weight is 335 g/mol. The number of carbonyl (C=O) groups excluding carboxylic acids is 2. The first kappa shape index (κ1) is 16.5. The molecule has 25 heavy (non-hydrogen) atoms. The summed E-state index contributed by atoms with van der Waals surface area (Å²) in [4.78, 5) is 28.5. The summed E-state index contributed by atoms with van der Waals surface area (Å²) in [5, 5.41) is 9.52. The van der Waals surface area contributed by atoms with Crippen molar-refractivity contribution >= 4 is 29.4 Å². The fourth-order valence-electron chi connectivity index (χ4n) is 2.34. The Morgan fingerprint density at radius 3 is 2.64 bits per heavy atom. The molecule has 2 amide bonds. The van der Waals surface area contributed by atoms with E-state index in [9.17, 15) is 9.59 Å². The minimum absolute atomic E-state index is 0.210. The zero-order valence-corrected chi connectivity index (χ0v) is 13.9. The molecule has 0 saturated carbocycles. The fraction of sp³-hybridized carbons (Fsp3) is 0.167. The second-order valence-electron chi connectivity index (χ2n) is 5.61. The lowest BCUT2D eigenvalue weighted by Crippen LogP contribution is -2.29. The minimum Gasteiger partial charge on any atom is -0.271 e. The molecule has 1 aliphatic heterocycles. The van der Waals surface area contributed by atoms with Gasteiger partial charge in [0.2, 0.25) is 0 Å². The summed E-state index contributed by atoms with van der Waals surface area (Å²) in [6, 6.07) is 12.6. The van der Waals surface area contributed by atoms with Gasteiger partial charge in [-0.2, -0.15) is 15.2 Å². The predicted molar refractivity (Wildman–Crippen MR) is 95.5 cm³/mol. The molecule has 3 rings (SSSR count). The SMILES string of the molecule is CC1=NN(c2ccccc2)C(=O)C1C=NNC(=O)c1ccc(C)nc1. The number of hydrogen-bond acceptors (Lipinski definition) is 5. The summed E-state index contributed by atoms with van der Waals surface area (Å²) >= 11 is 0. The quantitative estimate of drug-likeness (QED) is 0.686. The van der Waals surface area contributed by atoms with E-state index in [1.165, 1.54) is 17.4 Å². The van der Waals surface area contributed by atoms with Crippen LogP contribution in [-0.2, 0) is 4.79 Å². The van der Waals surface area contributed by atoms with Gasteiger partial charge in [0.1, 0.15) is 5.92 Å². The zero-order valence-electron chi connectivity index (χ0n) is 13.9. The lowest BCUT2D eigenvalue weighted by atomic mass is 10.1. The molecule has 0 saturated heterocycles. The number of nitrogens with zero attached hydrogens (tertiary/aromatic N) is 4. The summed E-state index contributed by atoms with van der Waals surface area (Å²) in [7, 11) is 0. The van der Waals surface area contributed by atoms with Gasteiger partial charge in [-0.25, -0.2) is 5.43 Å². The lowest BCUT2D eigenvalue weighted by Gasteiger charge is -2.12. The number of benzene rings is 1. The molecule has 1 unspecified atom stereocenters. The van der Waals surface area contributed by atoms with E-state index in [1.807, 2.05) is 25.1 Å². The van der Waals surface area contributed by atoms with Gasteiger partial charge in [0.15, 0.2) is 0 Å². The smallest absolute Gasteiger partial charge is 0.271 e. The largest absolute Gasteiger partial charge is 0.272 e. The third-order valence-corrected chi connectivity index (χ3v) is 3.75. The number of pyridine rings is 1.